The van der Waals surface area contributed by atoms with Crippen LogP contribution < -0.4 is 5.32 Å². The van der Waals surface area contributed by atoms with Gasteiger partial charge < -0.3 is 10.4 Å². The number of nitrogens with zero attached hydrogens (tertiary/aromatic N) is 2. The maximum absolute atomic E-state index is 11.9. The number of aromatic nitrogens is 1. The highest BCUT2D eigenvalue weighted by atomic mass is 32.1. The van der Waals surface area contributed by atoms with E-state index in [0.29, 0.717) is 18.2 Å². The van der Waals surface area contributed by atoms with Crippen LogP contribution in [0.1, 0.15) is 6.42 Å². The SMILES string of the molecule is O=C(O)CC1CN(CC(=O)Nc2nc3ccccc3s2)C1. The number of benzene rings is 1. The standard InChI is InChI=1S/C14H15N3O3S/c18-12(8-17-6-9(7-17)5-13(19)20)16-14-15-10-3-1-2-4-11(10)21-14/h1-4,9H,5-8H2,(H,19,20)(H,15,16,18). The van der Waals surface area contributed by atoms with E-state index in [1.807, 2.05) is 29.2 Å². The monoisotopic (exact) mass is 305 g/mol. The average molecular weight is 305 g/mol. The van der Waals surface area contributed by atoms with Gasteiger partial charge in [0.2, 0.25) is 5.91 Å². The second kappa shape index (κ2) is 5.79. The predicted molar refractivity (Wildman–Crippen MR) is 80.4 cm³/mol. The fraction of sp³-hybridized carbons (Fsp3) is 0.357. The fourth-order valence-corrected chi connectivity index (χ4v) is 3.35. The van der Waals surface area contributed by atoms with E-state index in [0.717, 1.165) is 10.2 Å². The number of rotatable bonds is 5. The minimum absolute atomic E-state index is 0.108. The maximum atomic E-state index is 11.9. The van der Waals surface area contributed by atoms with Crippen LogP contribution in [0.15, 0.2) is 24.3 Å². The molecule has 0 aliphatic carbocycles. The van der Waals surface area contributed by atoms with Crippen LogP contribution in [-0.4, -0.2) is 46.5 Å². The number of carbonyl (C=O) groups excluding carboxylic acids is 1. The smallest absolute Gasteiger partial charge is 0.303 e. The van der Waals surface area contributed by atoms with Gasteiger partial charge in [0.15, 0.2) is 5.13 Å². The fourth-order valence-electron chi connectivity index (χ4n) is 2.47. The van der Waals surface area contributed by atoms with Crippen LogP contribution >= 0.6 is 11.3 Å². The molecule has 0 saturated carbocycles. The first-order chi connectivity index (χ1) is 10.1. The van der Waals surface area contributed by atoms with Gasteiger partial charge >= 0.3 is 5.97 Å². The van der Waals surface area contributed by atoms with Gasteiger partial charge in [-0.05, 0) is 18.1 Å². The topological polar surface area (TPSA) is 82.5 Å². The molecule has 110 valence electrons. The molecule has 2 N–H and O–H groups in total. The van der Waals surface area contributed by atoms with Gasteiger partial charge in [-0.15, -0.1) is 0 Å². The molecule has 6 nitrogen and oxygen atoms in total. The first-order valence-electron chi connectivity index (χ1n) is 6.70. The van der Waals surface area contributed by atoms with Crippen LogP contribution in [0, 0.1) is 5.92 Å². The van der Waals surface area contributed by atoms with Crippen molar-refractivity contribution >= 4 is 38.6 Å². The first-order valence-corrected chi connectivity index (χ1v) is 7.51. The summed E-state index contributed by atoms with van der Waals surface area (Å²) >= 11 is 1.45. The van der Waals surface area contributed by atoms with E-state index >= 15 is 0 Å². The Kier molecular flexibility index (Phi) is 3.85. The van der Waals surface area contributed by atoms with Crippen molar-refractivity contribution < 1.29 is 14.7 Å². The van der Waals surface area contributed by atoms with Gasteiger partial charge in [-0.3, -0.25) is 14.5 Å². The number of aliphatic carboxylic acids is 1. The maximum Gasteiger partial charge on any atom is 0.303 e. The quantitative estimate of drug-likeness (QED) is 0.877. The van der Waals surface area contributed by atoms with Crippen molar-refractivity contribution in [2.45, 2.75) is 6.42 Å². The zero-order chi connectivity index (χ0) is 14.8. The number of likely N-dealkylation sites (tertiary alicyclic amines) is 1. The Bertz CT molecular complexity index is 646. The van der Waals surface area contributed by atoms with Gasteiger partial charge in [0.1, 0.15) is 0 Å². The molecule has 7 heteroatoms. The normalized spacial score (nSPS) is 15.8. The lowest BCUT2D eigenvalue weighted by Gasteiger charge is -2.37. The van der Waals surface area contributed by atoms with Gasteiger partial charge in [0, 0.05) is 13.1 Å². The zero-order valence-corrected chi connectivity index (χ0v) is 12.1. The lowest BCUT2D eigenvalue weighted by Crippen LogP contribution is -2.50. The number of anilines is 1. The molecule has 1 amide bonds. The van der Waals surface area contributed by atoms with E-state index in [9.17, 15) is 9.59 Å². The summed E-state index contributed by atoms with van der Waals surface area (Å²) in [5.41, 5.74) is 0.878. The Morgan fingerprint density at radius 3 is 2.86 bits per heavy atom. The number of amides is 1. The van der Waals surface area contributed by atoms with E-state index in [2.05, 4.69) is 10.3 Å². The molecule has 2 heterocycles. The average Bonchev–Trinajstić information content (AvgIpc) is 2.77. The second-order valence-electron chi connectivity index (χ2n) is 5.19. The van der Waals surface area contributed by atoms with Crippen molar-refractivity contribution in [1.29, 1.82) is 0 Å². The highest BCUT2D eigenvalue weighted by Gasteiger charge is 2.29. The van der Waals surface area contributed by atoms with E-state index in [4.69, 9.17) is 5.11 Å². The Balaban J connectivity index is 1.50. The number of carbonyl (C=O) groups is 2. The Labute approximate surface area is 125 Å². The van der Waals surface area contributed by atoms with E-state index < -0.39 is 5.97 Å². The molecule has 0 radical (unpaired) electrons. The number of hydrogen-bond donors (Lipinski definition) is 2. The third kappa shape index (κ3) is 3.37. The molecular formula is C14H15N3O3S. The minimum atomic E-state index is -0.779. The number of carboxylic acid groups (broad SMARTS) is 1. The molecule has 1 saturated heterocycles. The molecule has 1 aromatic heterocycles. The highest BCUT2D eigenvalue weighted by Crippen LogP contribution is 2.25. The highest BCUT2D eigenvalue weighted by molar-refractivity contribution is 7.22. The number of nitrogens with one attached hydrogen (secondary N) is 1. The molecule has 3 rings (SSSR count). The number of fused-ring (bicyclic) bond motifs is 1. The molecule has 2 aromatic rings. The largest absolute Gasteiger partial charge is 0.481 e. The third-order valence-electron chi connectivity index (χ3n) is 3.40. The Hall–Kier alpha value is -1.99. The van der Waals surface area contributed by atoms with Gasteiger partial charge in [-0.25, -0.2) is 4.98 Å². The molecule has 0 atom stereocenters. The van der Waals surface area contributed by atoms with Crippen LogP contribution in [-0.2, 0) is 9.59 Å². The summed E-state index contributed by atoms with van der Waals surface area (Å²) in [6.07, 6.45) is 0.177. The summed E-state index contributed by atoms with van der Waals surface area (Å²) in [7, 11) is 0. The molecule has 1 aromatic carbocycles. The minimum Gasteiger partial charge on any atom is -0.481 e. The van der Waals surface area contributed by atoms with Gasteiger partial charge in [-0.1, -0.05) is 23.5 Å². The summed E-state index contributed by atoms with van der Waals surface area (Å²) in [6.45, 7) is 1.62. The third-order valence-corrected chi connectivity index (χ3v) is 4.36. The van der Waals surface area contributed by atoms with Crippen molar-refractivity contribution in [2.75, 3.05) is 25.0 Å². The van der Waals surface area contributed by atoms with Crippen molar-refractivity contribution in [1.82, 2.24) is 9.88 Å². The molecule has 1 aliphatic heterocycles. The van der Waals surface area contributed by atoms with Crippen LogP contribution in [0.4, 0.5) is 5.13 Å². The van der Waals surface area contributed by atoms with Gasteiger partial charge in [0.05, 0.1) is 23.2 Å². The molecular weight excluding hydrogens is 290 g/mol. The Morgan fingerprint density at radius 1 is 1.38 bits per heavy atom. The molecule has 1 fully saturated rings. The molecule has 0 bridgehead atoms. The summed E-state index contributed by atoms with van der Waals surface area (Å²) in [5, 5.41) is 12.1. The van der Waals surface area contributed by atoms with Gasteiger partial charge in [-0.2, -0.15) is 0 Å². The summed E-state index contributed by atoms with van der Waals surface area (Å²) < 4.78 is 1.04. The molecule has 0 spiro atoms. The van der Waals surface area contributed by atoms with E-state index in [-0.39, 0.29) is 24.8 Å². The van der Waals surface area contributed by atoms with Gasteiger partial charge in [0.25, 0.3) is 0 Å². The molecule has 21 heavy (non-hydrogen) atoms. The lowest BCUT2D eigenvalue weighted by atomic mass is 9.96. The van der Waals surface area contributed by atoms with Crippen LogP contribution in [0.3, 0.4) is 0 Å². The lowest BCUT2D eigenvalue weighted by molar-refractivity contribution is -0.139. The van der Waals surface area contributed by atoms with Crippen LogP contribution in [0.25, 0.3) is 10.2 Å². The van der Waals surface area contributed by atoms with Crippen LogP contribution in [0.2, 0.25) is 0 Å². The molecule has 0 unspecified atom stereocenters. The first kappa shape index (κ1) is 14.0. The number of para-hydroxylation sites is 1. The number of carboxylic acids is 1. The van der Waals surface area contributed by atoms with E-state index in [1.165, 1.54) is 11.3 Å². The summed E-state index contributed by atoms with van der Waals surface area (Å²) in [4.78, 5) is 28.8. The van der Waals surface area contributed by atoms with E-state index in [1.54, 1.807) is 0 Å². The van der Waals surface area contributed by atoms with Crippen molar-refractivity contribution in [3.8, 4) is 0 Å². The van der Waals surface area contributed by atoms with Crippen LogP contribution in [0.5, 0.6) is 0 Å². The zero-order valence-electron chi connectivity index (χ0n) is 11.3. The number of thiazole rings is 1. The molecule has 1 aliphatic rings. The van der Waals surface area contributed by atoms with Crippen molar-refractivity contribution in [3.05, 3.63) is 24.3 Å². The predicted octanol–water partition coefficient (Wildman–Crippen LogP) is 1.64. The second-order valence-corrected chi connectivity index (χ2v) is 6.22. The Morgan fingerprint density at radius 2 is 2.14 bits per heavy atom. The summed E-state index contributed by atoms with van der Waals surface area (Å²) in [5.74, 6) is -0.723. The van der Waals surface area contributed by atoms with Crippen molar-refractivity contribution in [3.63, 3.8) is 0 Å². The number of hydrogen-bond acceptors (Lipinski definition) is 5. The summed E-state index contributed by atoms with van der Waals surface area (Å²) in [6, 6.07) is 7.73. The van der Waals surface area contributed by atoms with Crippen molar-refractivity contribution in [2.24, 2.45) is 5.92 Å².